The monoisotopic (exact) mass is 452 g/mol. The molecule has 0 aliphatic heterocycles. The third-order valence-corrected chi connectivity index (χ3v) is 6.33. The molecule has 2 amide bonds. The first-order valence-corrected chi connectivity index (χ1v) is 11.4. The first-order chi connectivity index (χ1) is 14.0. The van der Waals surface area contributed by atoms with E-state index in [-0.39, 0.29) is 18.4 Å². The van der Waals surface area contributed by atoms with Gasteiger partial charge in [-0.25, -0.2) is 0 Å². The Balaban J connectivity index is 2.09. The van der Waals surface area contributed by atoms with Crippen LogP contribution in [0.2, 0.25) is 10.0 Å². The fraction of sp³-hybridized carbons (Fsp3) is 0.364. The molecule has 2 rings (SSSR count). The molecule has 0 saturated carbocycles. The minimum atomic E-state index is -0.570. The van der Waals surface area contributed by atoms with Crippen molar-refractivity contribution in [2.75, 3.05) is 12.8 Å². The van der Waals surface area contributed by atoms with E-state index in [1.807, 2.05) is 25.1 Å². The second kappa shape index (κ2) is 12.1. The molecule has 0 aliphatic carbocycles. The number of likely N-dealkylation sites (N-methyl/N-ethyl adjacent to an activating group) is 1. The lowest BCUT2D eigenvalue weighted by molar-refractivity contribution is -0.140. The van der Waals surface area contributed by atoms with Gasteiger partial charge in [0, 0.05) is 47.1 Å². The van der Waals surface area contributed by atoms with Gasteiger partial charge in [0.1, 0.15) is 6.04 Å². The van der Waals surface area contributed by atoms with E-state index in [0.717, 1.165) is 5.75 Å². The fourth-order valence-electron chi connectivity index (χ4n) is 3.01. The smallest absolute Gasteiger partial charge is 0.242 e. The number of hydrogen-bond donors (Lipinski definition) is 1. The van der Waals surface area contributed by atoms with Crippen LogP contribution in [0.25, 0.3) is 0 Å². The maximum atomic E-state index is 13.0. The number of nitrogens with zero attached hydrogens (tertiary/aromatic N) is 1. The van der Waals surface area contributed by atoms with E-state index in [1.54, 1.807) is 41.9 Å². The molecule has 2 aromatic rings. The summed E-state index contributed by atoms with van der Waals surface area (Å²) in [6.07, 6.45) is 0.845. The summed E-state index contributed by atoms with van der Waals surface area (Å²) >= 11 is 14.3. The van der Waals surface area contributed by atoms with Crippen molar-refractivity contribution in [3.63, 3.8) is 0 Å². The zero-order chi connectivity index (χ0) is 21.2. The van der Waals surface area contributed by atoms with Crippen molar-refractivity contribution in [3.8, 4) is 0 Å². The minimum Gasteiger partial charge on any atom is -0.357 e. The molecule has 0 aliphatic rings. The number of carbonyl (C=O) groups excluding carboxylic acids is 2. The molecule has 0 radical (unpaired) electrons. The van der Waals surface area contributed by atoms with Gasteiger partial charge < -0.3 is 10.2 Å². The van der Waals surface area contributed by atoms with E-state index in [1.165, 1.54) is 5.56 Å². The molecule has 0 saturated heterocycles. The molecular weight excluding hydrogens is 427 g/mol. The van der Waals surface area contributed by atoms with Crippen molar-refractivity contribution in [2.45, 2.75) is 38.1 Å². The summed E-state index contributed by atoms with van der Waals surface area (Å²) in [6.45, 7) is 2.09. The van der Waals surface area contributed by atoms with Gasteiger partial charge >= 0.3 is 0 Å². The van der Waals surface area contributed by atoms with Crippen molar-refractivity contribution in [3.05, 3.63) is 69.7 Å². The van der Waals surface area contributed by atoms with Crippen LogP contribution < -0.4 is 5.32 Å². The maximum Gasteiger partial charge on any atom is 0.242 e. The molecule has 4 nitrogen and oxygen atoms in total. The van der Waals surface area contributed by atoms with Crippen LogP contribution in [0.5, 0.6) is 0 Å². The summed E-state index contributed by atoms with van der Waals surface area (Å²) in [5.74, 6) is 1.24. The van der Waals surface area contributed by atoms with Crippen LogP contribution >= 0.6 is 35.0 Å². The summed E-state index contributed by atoms with van der Waals surface area (Å²) in [5, 5.41) is 3.62. The summed E-state index contributed by atoms with van der Waals surface area (Å²) in [6, 6.07) is 14.8. The van der Waals surface area contributed by atoms with Gasteiger partial charge in [0.05, 0.1) is 0 Å². The molecule has 0 heterocycles. The van der Waals surface area contributed by atoms with Gasteiger partial charge in [0.15, 0.2) is 0 Å². The van der Waals surface area contributed by atoms with Crippen molar-refractivity contribution in [2.24, 2.45) is 0 Å². The zero-order valence-electron chi connectivity index (χ0n) is 16.7. The van der Waals surface area contributed by atoms with E-state index < -0.39 is 6.04 Å². The quantitative estimate of drug-likeness (QED) is 0.505. The van der Waals surface area contributed by atoms with Crippen molar-refractivity contribution < 1.29 is 9.59 Å². The highest BCUT2D eigenvalue weighted by Gasteiger charge is 2.28. The average molecular weight is 453 g/mol. The Hall–Kier alpha value is -1.69. The molecule has 0 spiro atoms. The standard InChI is InChI=1S/C22H26Cl2N2O2S/c1-3-20(22(28)25-2)26(14-17-18(23)10-7-11-19(17)24)21(27)12-13-29-15-16-8-5-4-6-9-16/h4-11,20H,3,12-15H2,1-2H3,(H,25,28)/t20-/m0/s1. The Morgan fingerprint density at radius 3 is 2.31 bits per heavy atom. The van der Waals surface area contributed by atoms with Crippen LogP contribution in [0.4, 0.5) is 0 Å². The molecule has 1 atom stereocenters. The molecule has 29 heavy (non-hydrogen) atoms. The Kier molecular flexibility index (Phi) is 9.85. The lowest BCUT2D eigenvalue weighted by Gasteiger charge is -2.31. The number of thioether (sulfide) groups is 1. The van der Waals surface area contributed by atoms with Gasteiger partial charge in [0.25, 0.3) is 0 Å². The second-order valence-corrected chi connectivity index (χ2v) is 8.47. The minimum absolute atomic E-state index is 0.0861. The predicted molar refractivity (Wildman–Crippen MR) is 122 cm³/mol. The highest BCUT2D eigenvalue weighted by Crippen LogP contribution is 2.27. The normalized spacial score (nSPS) is 11.7. The zero-order valence-corrected chi connectivity index (χ0v) is 19.0. The molecule has 2 aromatic carbocycles. The lowest BCUT2D eigenvalue weighted by Crippen LogP contribution is -2.48. The number of benzene rings is 2. The number of amides is 2. The van der Waals surface area contributed by atoms with Gasteiger partial charge in [-0.3, -0.25) is 9.59 Å². The molecule has 156 valence electrons. The lowest BCUT2D eigenvalue weighted by atomic mass is 10.1. The summed E-state index contributed by atoms with van der Waals surface area (Å²) in [7, 11) is 1.58. The Morgan fingerprint density at radius 2 is 1.72 bits per heavy atom. The third kappa shape index (κ3) is 6.95. The summed E-state index contributed by atoms with van der Waals surface area (Å²) in [5.41, 5.74) is 1.88. The van der Waals surface area contributed by atoms with Gasteiger partial charge in [-0.2, -0.15) is 11.8 Å². The Bertz CT molecular complexity index is 797. The van der Waals surface area contributed by atoms with E-state index in [0.29, 0.717) is 34.2 Å². The number of carbonyl (C=O) groups is 2. The number of rotatable bonds is 10. The predicted octanol–water partition coefficient (Wildman–Crippen LogP) is 5.17. The molecule has 0 fully saturated rings. The average Bonchev–Trinajstić information content (AvgIpc) is 2.73. The van der Waals surface area contributed by atoms with E-state index in [2.05, 4.69) is 17.4 Å². The Labute approximate surface area is 187 Å². The SMILES string of the molecule is CC[C@@H](C(=O)NC)N(Cc1c(Cl)cccc1Cl)C(=O)CCSCc1ccccc1. The highest BCUT2D eigenvalue weighted by molar-refractivity contribution is 7.98. The molecule has 0 unspecified atom stereocenters. The van der Waals surface area contributed by atoms with Crippen molar-refractivity contribution in [1.29, 1.82) is 0 Å². The molecule has 0 bridgehead atoms. The first-order valence-electron chi connectivity index (χ1n) is 9.53. The van der Waals surface area contributed by atoms with E-state index in [9.17, 15) is 9.59 Å². The van der Waals surface area contributed by atoms with Crippen LogP contribution in [-0.4, -0.2) is 35.6 Å². The topological polar surface area (TPSA) is 49.4 Å². The van der Waals surface area contributed by atoms with Gasteiger partial charge in [0.2, 0.25) is 11.8 Å². The van der Waals surface area contributed by atoms with E-state index >= 15 is 0 Å². The molecule has 1 N–H and O–H groups in total. The fourth-order valence-corrected chi connectivity index (χ4v) is 4.42. The van der Waals surface area contributed by atoms with Crippen LogP contribution in [0.1, 0.15) is 30.9 Å². The second-order valence-electron chi connectivity index (χ2n) is 6.55. The Morgan fingerprint density at radius 1 is 1.07 bits per heavy atom. The number of hydrogen-bond acceptors (Lipinski definition) is 3. The van der Waals surface area contributed by atoms with Gasteiger partial charge in [-0.1, -0.05) is 66.5 Å². The van der Waals surface area contributed by atoms with Crippen molar-refractivity contribution >= 4 is 46.8 Å². The van der Waals surface area contributed by atoms with E-state index in [4.69, 9.17) is 23.2 Å². The van der Waals surface area contributed by atoms with Crippen LogP contribution in [-0.2, 0) is 21.9 Å². The van der Waals surface area contributed by atoms with Gasteiger partial charge in [-0.05, 0) is 24.1 Å². The first kappa shape index (κ1) is 23.6. The van der Waals surface area contributed by atoms with Gasteiger partial charge in [-0.15, -0.1) is 0 Å². The number of halogens is 2. The summed E-state index contributed by atoms with van der Waals surface area (Å²) in [4.78, 5) is 27.0. The molecule has 0 aromatic heterocycles. The molecular formula is C22H26Cl2N2O2S. The number of nitrogens with one attached hydrogen (secondary N) is 1. The maximum absolute atomic E-state index is 13.0. The van der Waals surface area contributed by atoms with Crippen LogP contribution in [0, 0.1) is 0 Å². The van der Waals surface area contributed by atoms with Crippen LogP contribution in [0.15, 0.2) is 48.5 Å². The molecule has 7 heteroatoms. The van der Waals surface area contributed by atoms with Crippen molar-refractivity contribution in [1.82, 2.24) is 10.2 Å². The summed E-state index contributed by atoms with van der Waals surface area (Å²) < 4.78 is 0. The highest BCUT2D eigenvalue weighted by atomic mass is 35.5. The van der Waals surface area contributed by atoms with Crippen LogP contribution in [0.3, 0.4) is 0 Å². The third-order valence-electron chi connectivity index (χ3n) is 4.59. The largest absolute Gasteiger partial charge is 0.357 e.